The normalized spacial score (nSPS) is 19.5. The molecule has 13 nitrogen and oxygen atoms in total. The van der Waals surface area contributed by atoms with E-state index in [0.717, 1.165) is 17.5 Å². The molecule has 0 aliphatic carbocycles. The number of aliphatic hydroxyl groups is 1. The zero-order valence-electron chi connectivity index (χ0n) is 30.5. The first-order chi connectivity index (χ1) is 24.9. The Bertz CT molecular complexity index is 1480. The van der Waals surface area contributed by atoms with Crippen molar-refractivity contribution >= 4 is 29.4 Å². The maximum atomic E-state index is 14.1. The third-order valence-corrected chi connectivity index (χ3v) is 10.0. The van der Waals surface area contributed by atoms with Gasteiger partial charge in [0.15, 0.2) is 5.78 Å². The van der Waals surface area contributed by atoms with E-state index in [0.29, 0.717) is 51.7 Å². The number of carbonyl (C=O) groups is 5. The van der Waals surface area contributed by atoms with Crippen LogP contribution in [0.3, 0.4) is 0 Å². The third kappa shape index (κ3) is 11.2. The number of nitrogens with two attached hydrogens (primary N) is 3. The SMILES string of the molecule is CC(C)CC(CC(=O)C(Cc1ccccc1)NC(=O)C(N)Cc1ccccc1)C(=O)NC(CCCCN)C(=O)N1C2CC1CN(C(=O)C(N)CO)C2. The molecule has 9 N–H and O–H groups in total. The van der Waals surface area contributed by atoms with Crippen LogP contribution in [0.4, 0.5) is 0 Å². The number of aliphatic hydroxyl groups excluding tert-OH is 1. The zero-order valence-corrected chi connectivity index (χ0v) is 30.5. The minimum absolute atomic E-state index is 0.0694. The predicted molar refractivity (Wildman–Crippen MR) is 198 cm³/mol. The number of hydrogen-bond acceptors (Lipinski definition) is 9. The number of piperazine rings is 1. The smallest absolute Gasteiger partial charge is 0.245 e. The lowest BCUT2D eigenvalue weighted by atomic mass is 9.85. The van der Waals surface area contributed by atoms with E-state index in [-0.39, 0.29) is 48.4 Å². The highest BCUT2D eigenvalue weighted by atomic mass is 16.3. The summed E-state index contributed by atoms with van der Waals surface area (Å²) in [6.45, 7) is 4.55. The summed E-state index contributed by atoms with van der Waals surface area (Å²) in [5.74, 6) is -2.38. The van der Waals surface area contributed by atoms with Crippen LogP contribution in [0.1, 0.15) is 63.5 Å². The van der Waals surface area contributed by atoms with Gasteiger partial charge in [0, 0.05) is 25.4 Å². The van der Waals surface area contributed by atoms with Crippen LogP contribution in [0.2, 0.25) is 0 Å². The van der Waals surface area contributed by atoms with Gasteiger partial charge in [-0.3, -0.25) is 24.0 Å². The van der Waals surface area contributed by atoms with Crippen LogP contribution >= 0.6 is 0 Å². The van der Waals surface area contributed by atoms with Crippen molar-refractivity contribution in [2.24, 2.45) is 29.0 Å². The van der Waals surface area contributed by atoms with Crippen LogP contribution in [0.25, 0.3) is 0 Å². The summed E-state index contributed by atoms with van der Waals surface area (Å²) in [5, 5.41) is 15.2. The second-order valence-electron chi connectivity index (χ2n) is 14.7. The highest BCUT2D eigenvalue weighted by molar-refractivity contribution is 5.95. The highest BCUT2D eigenvalue weighted by Gasteiger charge is 2.50. The van der Waals surface area contributed by atoms with Crippen LogP contribution in [0.5, 0.6) is 0 Å². The third-order valence-electron chi connectivity index (χ3n) is 10.0. The molecule has 2 bridgehead atoms. The van der Waals surface area contributed by atoms with Gasteiger partial charge in [0.25, 0.3) is 0 Å². The van der Waals surface area contributed by atoms with E-state index < -0.39 is 48.5 Å². The van der Waals surface area contributed by atoms with Crippen molar-refractivity contribution < 1.29 is 29.1 Å². The maximum absolute atomic E-state index is 14.1. The number of fused-ring (bicyclic) bond motifs is 2. The minimum Gasteiger partial charge on any atom is -0.394 e. The summed E-state index contributed by atoms with van der Waals surface area (Å²) in [5.41, 5.74) is 19.6. The van der Waals surface area contributed by atoms with Gasteiger partial charge in [-0.05, 0) is 68.5 Å². The van der Waals surface area contributed by atoms with Gasteiger partial charge >= 0.3 is 0 Å². The lowest BCUT2D eigenvalue weighted by molar-refractivity contribution is -0.164. The molecule has 2 aliphatic rings. The first kappa shape index (κ1) is 40.6. The van der Waals surface area contributed by atoms with Crippen LogP contribution in [0.15, 0.2) is 60.7 Å². The Kier molecular flexibility index (Phi) is 15.3. The van der Waals surface area contributed by atoms with E-state index in [1.54, 1.807) is 9.80 Å². The van der Waals surface area contributed by atoms with Crippen molar-refractivity contribution in [3.05, 3.63) is 71.8 Å². The van der Waals surface area contributed by atoms with E-state index in [1.807, 2.05) is 74.5 Å². The molecule has 2 fully saturated rings. The fourth-order valence-corrected chi connectivity index (χ4v) is 7.25. The molecule has 0 aromatic heterocycles. The number of nitrogens with one attached hydrogen (secondary N) is 2. The topological polar surface area (TPSA) is 214 Å². The lowest BCUT2D eigenvalue weighted by Crippen LogP contribution is -2.73. The predicted octanol–water partition coefficient (Wildman–Crippen LogP) is 0.651. The summed E-state index contributed by atoms with van der Waals surface area (Å²) in [4.78, 5) is 71.4. The van der Waals surface area contributed by atoms with E-state index in [9.17, 15) is 29.1 Å². The molecule has 2 aromatic rings. The van der Waals surface area contributed by atoms with Gasteiger partial charge in [-0.15, -0.1) is 0 Å². The van der Waals surface area contributed by atoms with Crippen LogP contribution in [-0.4, -0.2) is 107 Å². The van der Waals surface area contributed by atoms with E-state index in [1.165, 1.54) is 0 Å². The maximum Gasteiger partial charge on any atom is 0.245 e. The van der Waals surface area contributed by atoms with Crippen molar-refractivity contribution in [3.8, 4) is 0 Å². The number of amides is 4. The molecule has 7 atom stereocenters. The average Bonchev–Trinajstić information content (AvgIpc) is 3.13. The molecule has 0 saturated carbocycles. The number of unbranched alkanes of at least 4 members (excludes halogenated alkanes) is 1. The molecule has 2 aromatic carbocycles. The second kappa shape index (κ2) is 19.6. The van der Waals surface area contributed by atoms with E-state index in [4.69, 9.17) is 17.2 Å². The summed E-state index contributed by atoms with van der Waals surface area (Å²) in [6, 6.07) is 14.7. The molecule has 7 unspecified atom stereocenters. The molecule has 52 heavy (non-hydrogen) atoms. The Morgan fingerprint density at radius 2 is 1.37 bits per heavy atom. The monoisotopic (exact) mass is 719 g/mol. The summed E-state index contributed by atoms with van der Waals surface area (Å²) >= 11 is 0. The molecule has 4 rings (SSSR count). The molecule has 0 radical (unpaired) electrons. The molecule has 284 valence electrons. The zero-order chi connectivity index (χ0) is 37.8. The first-order valence-corrected chi connectivity index (χ1v) is 18.6. The van der Waals surface area contributed by atoms with Gasteiger partial charge in [0.05, 0.1) is 30.8 Å². The highest BCUT2D eigenvalue weighted by Crippen LogP contribution is 2.34. The van der Waals surface area contributed by atoms with Gasteiger partial charge in [-0.25, -0.2) is 0 Å². The molecular weight excluding hydrogens is 662 g/mol. The molecule has 2 saturated heterocycles. The van der Waals surface area contributed by atoms with E-state index in [2.05, 4.69) is 10.6 Å². The van der Waals surface area contributed by atoms with Gasteiger partial charge in [0.2, 0.25) is 23.6 Å². The molecule has 0 spiro atoms. The summed E-state index contributed by atoms with van der Waals surface area (Å²) < 4.78 is 0. The number of hydrogen-bond donors (Lipinski definition) is 6. The largest absolute Gasteiger partial charge is 0.394 e. The van der Waals surface area contributed by atoms with Gasteiger partial charge in [-0.2, -0.15) is 0 Å². The Hall–Kier alpha value is -4.17. The molecular formula is C39H57N7O6. The number of rotatable bonds is 20. The van der Waals surface area contributed by atoms with Gasteiger partial charge in [0.1, 0.15) is 12.1 Å². The van der Waals surface area contributed by atoms with Crippen molar-refractivity contribution in [1.29, 1.82) is 0 Å². The number of ketones is 1. The summed E-state index contributed by atoms with van der Waals surface area (Å²) in [6.07, 6.45) is 3.23. The van der Waals surface area contributed by atoms with Crippen molar-refractivity contribution in [3.63, 3.8) is 0 Å². The number of Topliss-reactive ketones (excluding diaryl/α,β-unsaturated/α-hetero) is 1. The molecule has 2 aliphatic heterocycles. The van der Waals surface area contributed by atoms with Crippen molar-refractivity contribution in [1.82, 2.24) is 20.4 Å². The lowest BCUT2D eigenvalue weighted by Gasteiger charge is -2.57. The fourth-order valence-electron chi connectivity index (χ4n) is 7.25. The fraction of sp³-hybridized carbons (Fsp3) is 0.564. The number of benzene rings is 2. The Labute approximate surface area is 307 Å². The average molecular weight is 720 g/mol. The molecule has 4 amide bonds. The van der Waals surface area contributed by atoms with Crippen molar-refractivity contribution in [2.45, 2.75) is 101 Å². The number of likely N-dealkylation sites (tertiary alicyclic amines) is 2. The molecule has 13 heteroatoms. The van der Waals surface area contributed by atoms with Crippen molar-refractivity contribution in [2.75, 3.05) is 26.2 Å². The number of piperidine rings is 1. The van der Waals surface area contributed by atoms with Gasteiger partial charge in [-0.1, -0.05) is 74.5 Å². The van der Waals surface area contributed by atoms with Crippen LogP contribution in [0, 0.1) is 11.8 Å². The molecule has 2 heterocycles. The number of carbonyl (C=O) groups excluding carboxylic acids is 5. The first-order valence-electron chi connectivity index (χ1n) is 18.6. The Balaban J connectivity index is 1.47. The Morgan fingerprint density at radius 1 is 0.788 bits per heavy atom. The number of nitrogens with zero attached hydrogens (tertiary/aromatic N) is 2. The van der Waals surface area contributed by atoms with Crippen LogP contribution in [-0.2, 0) is 36.8 Å². The quantitative estimate of drug-likeness (QED) is 0.106. The van der Waals surface area contributed by atoms with Crippen LogP contribution < -0.4 is 27.8 Å². The summed E-state index contributed by atoms with van der Waals surface area (Å²) in [7, 11) is 0. The standard InChI is InChI=1S/C39H57N7O6/c1-25(2)17-28(20-35(48)34(19-27-13-7-4-8-14-27)44-37(50)31(41)18-26-11-5-3-6-12-26)36(49)43-33(15-9-10-16-40)39(52)46-29-21-30(46)23-45(22-29)38(51)32(42)24-47/h3-8,11-14,25,28-34,47H,9-10,15-24,40-42H2,1-2H3,(H,43,49)(H,44,50). The Morgan fingerprint density at radius 3 is 1.92 bits per heavy atom. The second-order valence-corrected chi connectivity index (χ2v) is 14.7. The minimum atomic E-state index is -1.00. The van der Waals surface area contributed by atoms with Gasteiger partial charge < -0.3 is 42.7 Å². The van der Waals surface area contributed by atoms with E-state index >= 15 is 0 Å².